The van der Waals surface area contributed by atoms with E-state index in [0.29, 0.717) is 17.8 Å². The Morgan fingerprint density at radius 2 is 1.80 bits per heavy atom. The molecular formula is C24H22N4O2. The zero-order valence-electron chi connectivity index (χ0n) is 16.7. The monoisotopic (exact) mass is 398 g/mol. The van der Waals surface area contributed by atoms with Crippen LogP contribution >= 0.6 is 0 Å². The number of aryl methyl sites for hydroxylation is 1. The molecule has 0 bridgehead atoms. The molecule has 2 aromatic carbocycles. The lowest BCUT2D eigenvalue weighted by Crippen LogP contribution is -2.40. The molecule has 0 aliphatic carbocycles. The van der Waals surface area contributed by atoms with Crippen molar-refractivity contribution in [2.75, 3.05) is 18.0 Å². The molecule has 6 heteroatoms. The first-order chi connectivity index (χ1) is 14.5. The predicted molar refractivity (Wildman–Crippen MR) is 116 cm³/mol. The Morgan fingerprint density at radius 3 is 2.53 bits per heavy atom. The fourth-order valence-corrected chi connectivity index (χ4v) is 3.76. The minimum absolute atomic E-state index is 0.105. The van der Waals surface area contributed by atoms with E-state index in [1.54, 1.807) is 17.0 Å². The number of fused-ring (bicyclic) bond motifs is 1. The smallest absolute Gasteiger partial charge is 0.251 e. The number of aromatic nitrogens is 1. The SMILES string of the molecule is Cc1cc2c(c(C(=N)c3ccccc3)c1)N(C(=O)CNC(=O)c1ccncc1)CC2. The van der Waals surface area contributed by atoms with Crippen molar-refractivity contribution in [2.24, 2.45) is 0 Å². The lowest BCUT2D eigenvalue weighted by atomic mass is 9.96. The number of rotatable bonds is 5. The first kappa shape index (κ1) is 19.5. The Kier molecular flexibility index (Phi) is 5.39. The van der Waals surface area contributed by atoms with Crippen LogP contribution in [0.5, 0.6) is 0 Å². The lowest BCUT2D eigenvalue weighted by Gasteiger charge is -2.22. The van der Waals surface area contributed by atoms with Gasteiger partial charge in [-0.25, -0.2) is 0 Å². The van der Waals surface area contributed by atoms with Crippen molar-refractivity contribution in [3.63, 3.8) is 0 Å². The second-order valence-electron chi connectivity index (χ2n) is 7.28. The van der Waals surface area contributed by atoms with Gasteiger partial charge < -0.3 is 10.2 Å². The molecular weight excluding hydrogens is 376 g/mol. The number of amides is 2. The molecule has 3 aromatic rings. The molecule has 1 aromatic heterocycles. The van der Waals surface area contributed by atoms with Crippen molar-refractivity contribution in [2.45, 2.75) is 13.3 Å². The molecule has 4 rings (SSSR count). The summed E-state index contributed by atoms with van der Waals surface area (Å²) in [7, 11) is 0. The molecule has 2 amide bonds. The number of hydrogen-bond acceptors (Lipinski definition) is 4. The van der Waals surface area contributed by atoms with E-state index in [9.17, 15) is 9.59 Å². The van der Waals surface area contributed by atoms with E-state index in [-0.39, 0.29) is 18.4 Å². The normalized spacial score (nSPS) is 12.4. The largest absolute Gasteiger partial charge is 0.343 e. The fraction of sp³-hybridized carbons (Fsp3) is 0.167. The van der Waals surface area contributed by atoms with Gasteiger partial charge in [0.15, 0.2) is 0 Å². The van der Waals surface area contributed by atoms with E-state index in [4.69, 9.17) is 5.41 Å². The standard InChI is InChI=1S/C24H22N4O2/c1-16-13-19-9-12-28(21(29)15-27-24(30)18-7-10-26-11-8-18)23(19)20(14-16)22(25)17-5-3-2-4-6-17/h2-8,10-11,13-14,25H,9,12,15H2,1H3,(H,27,30). The van der Waals surface area contributed by atoms with E-state index in [1.165, 1.54) is 12.4 Å². The molecule has 1 aliphatic rings. The highest BCUT2D eigenvalue weighted by Crippen LogP contribution is 2.34. The summed E-state index contributed by atoms with van der Waals surface area (Å²) in [5.74, 6) is -0.506. The van der Waals surface area contributed by atoms with Crippen molar-refractivity contribution in [3.8, 4) is 0 Å². The Balaban J connectivity index is 1.58. The van der Waals surface area contributed by atoms with Crippen LogP contribution in [0.15, 0.2) is 67.0 Å². The first-order valence-corrected chi connectivity index (χ1v) is 9.81. The summed E-state index contributed by atoms with van der Waals surface area (Å²) >= 11 is 0. The van der Waals surface area contributed by atoms with Gasteiger partial charge in [0.25, 0.3) is 5.91 Å². The number of nitrogens with zero attached hydrogens (tertiary/aromatic N) is 2. The molecule has 0 fully saturated rings. The van der Waals surface area contributed by atoms with Gasteiger partial charge in [0.2, 0.25) is 5.91 Å². The van der Waals surface area contributed by atoms with Crippen molar-refractivity contribution < 1.29 is 9.59 Å². The summed E-state index contributed by atoms with van der Waals surface area (Å²) in [6, 6.07) is 16.7. The number of benzene rings is 2. The van der Waals surface area contributed by atoms with Gasteiger partial charge in [-0.05, 0) is 37.1 Å². The zero-order chi connectivity index (χ0) is 21.1. The second-order valence-corrected chi connectivity index (χ2v) is 7.28. The summed E-state index contributed by atoms with van der Waals surface area (Å²) in [5.41, 5.74) is 5.28. The van der Waals surface area contributed by atoms with Crippen LogP contribution < -0.4 is 10.2 Å². The topological polar surface area (TPSA) is 86.2 Å². The van der Waals surface area contributed by atoms with Crippen molar-refractivity contribution in [1.82, 2.24) is 10.3 Å². The van der Waals surface area contributed by atoms with Crippen LogP contribution in [0.1, 0.15) is 32.6 Å². The Labute approximate surface area is 175 Å². The van der Waals surface area contributed by atoms with Crippen LogP contribution in [0.2, 0.25) is 0 Å². The Bertz CT molecular complexity index is 1110. The maximum absolute atomic E-state index is 13.0. The number of carbonyl (C=O) groups excluding carboxylic acids is 2. The lowest BCUT2D eigenvalue weighted by molar-refractivity contribution is -0.117. The number of anilines is 1. The highest BCUT2D eigenvalue weighted by molar-refractivity contribution is 6.17. The minimum Gasteiger partial charge on any atom is -0.343 e. The highest BCUT2D eigenvalue weighted by atomic mass is 16.2. The average Bonchev–Trinajstić information content (AvgIpc) is 3.21. The third kappa shape index (κ3) is 3.85. The number of pyridine rings is 1. The molecule has 1 aliphatic heterocycles. The number of carbonyl (C=O) groups is 2. The van der Waals surface area contributed by atoms with Crippen molar-refractivity contribution >= 4 is 23.2 Å². The van der Waals surface area contributed by atoms with Gasteiger partial charge in [-0.15, -0.1) is 0 Å². The number of hydrogen-bond donors (Lipinski definition) is 2. The highest BCUT2D eigenvalue weighted by Gasteiger charge is 2.29. The quantitative estimate of drug-likeness (QED) is 0.648. The van der Waals surface area contributed by atoms with Crippen LogP contribution in [-0.2, 0) is 11.2 Å². The summed E-state index contributed by atoms with van der Waals surface area (Å²) < 4.78 is 0. The van der Waals surface area contributed by atoms with Crippen LogP contribution in [-0.4, -0.2) is 35.6 Å². The minimum atomic E-state index is -0.314. The Hall–Kier alpha value is -3.80. The molecule has 0 saturated carbocycles. The van der Waals surface area contributed by atoms with Crippen LogP contribution in [0, 0.1) is 12.3 Å². The Morgan fingerprint density at radius 1 is 1.07 bits per heavy atom. The van der Waals surface area contributed by atoms with E-state index >= 15 is 0 Å². The molecule has 6 nitrogen and oxygen atoms in total. The third-order valence-electron chi connectivity index (χ3n) is 5.18. The van der Waals surface area contributed by atoms with Gasteiger partial charge >= 0.3 is 0 Å². The maximum Gasteiger partial charge on any atom is 0.251 e. The summed E-state index contributed by atoms with van der Waals surface area (Å²) in [6.45, 7) is 2.44. The van der Waals surface area contributed by atoms with Gasteiger partial charge in [-0.3, -0.25) is 20.0 Å². The average molecular weight is 398 g/mol. The van der Waals surface area contributed by atoms with E-state index < -0.39 is 0 Å². The van der Waals surface area contributed by atoms with Crippen LogP contribution in [0.4, 0.5) is 5.69 Å². The zero-order valence-corrected chi connectivity index (χ0v) is 16.7. The molecule has 0 unspecified atom stereocenters. The second kappa shape index (κ2) is 8.29. The van der Waals surface area contributed by atoms with Crippen molar-refractivity contribution in [3.05, 3.63) is 94.8 Å². The molecule has 2 N–H and O–H groups in total. The maximum atomic E-state index is 13.0. The molecule has 0 radical (unpaired) electrons. The van der Waals surface area contributed by atoms with Crippen LogP contribution in [0.25, 0.3) is 0 Å². The molecule has 2 heterocycles. The summed E-state index contributed by atoms with van der Waals surface area (Å²) in [6.07, 6.45) is 3.81. The van der Waals surface area contributed by atoms with E-state index in [1.807, 2.05) is 43.3 Å². The van der Waals surface area contributed by atoms with Gasteiger partial charge in [0.1, 0.15) is 0 Å². The molecule has 0 spiro atoms. The first-order valence-electron chi connectivity index (χ1n) is 9.81. The predicted octanol–water partition coefficient (Wildman–Crippen LogP) is 3.13. The van der Waals surface area contributed by atoms with E-state index in [2.05, 4.69) is 16.4 Å². The van der Waals surface area contributed by atoms with Gasteiger partial charge in [0, 0.05) is 35.6 Å². The summed E-state index contributed by atoms with van der Waals surface area (Å²) in [5, 5.41) is 11.4. The number of nitrogens with one attached hydrogen (secondary N) is 2. The van der Waals surface area contributed by atoms with E-state index in [0.717, 1.165) is 34.4 Å². The van der Waals surface area contributed by atoms with Crippen LogP contribution in [0.3, 0.4) is 0 Å². The fourth-order valence-electron chi connectivity index (χ4n) is 3.76. The molecule has 0 atom stereocenters. The molecule has 150 valence electrons. The molecule has 0 saturated heterocycles. The molecule has 30 heavy (non-hydrogen) atoms. The van der Waals surface area contributed by atoms with Crippen molar-refractivity contribution in [1.29, 1.82) is 5.41 Å². The third-order valence-corrected chi connectivity index (χ3v) is 5.18. The summed E-state index contributed by atoms with van der Waals surface area (Å²) in [4.78, 5) is 30.8. The van der Waals surface area contributed by atoms with Gasteiger partial charge in [-0.2, -0.15) is 0 Å². The van der Waals surface area contributed by atoms with Gasteiger partial charge in [-0.1, -0.05) is 42.0 Å². The van der Waals surface area contributed by atoms with Gasteiger partial charge in [0.05, 0.1) is 17.9 Å².